The highest BCUT2D eigenvalue weighted by atomic mass is 32.1. The topological polar surface area (TPSA) is 47.3 Å². The monoisotopic (exact) mass is 286 g/mol. The highest BCUT2D eigenvalue weighted by Crippen LogP contribution is 2.15. The summed E-state index contributed by atoms with van der Waals surface area (Å²) in [5, 5.41) is 3.29. The third-order valence-corrected chi connectivity index (χ3v) is 3.09. The minimum atomic E-state index is 0.396. The molecular formula is C16H18N2OS. The molecule has 2 aromatic rings. The Labute approximate surface area is 124 Å². The summed E-state index contributed by atoms with van der Waals surface area (Å²) in [6, 6.07) is 15.7. The third-order valence-electron chi connectivity index (χ3n) is 2.87. The van der Waals surface area contributed by atoms with E-state index in [9.17, 15) is 0 Å². The van der Waals surface area contributed by atoms with Crippen molar-refractivity contribution in [3.63, 3.8) is 0 Å². The molecule has 0 saturated carbocycles. The molecule has 0 aliphatic heterocycles. The first-order chi connectivity index (χ1) is 9.66. The summed E-state index contributed by atoms with van der Waals surface area (Å²) in [6.45, 7) is 3.31. The van der Waals surface area contributed by atoms with Crippen LogP contribution in [0.25, 0.3) is 0 Å². The van der Waals surface area contributed by atoms with Crippen LogP contribution in [0, 0.1) is 6.92 Å². The molecule has 0 atom stereocenters. The number of nitrogens with two attached hydrogens (primary N) is 1. The van der Waals surface area contributed by atoms with Crippen LogP contribution in [-0.4, -0.2) is 18.1 Å². The smallest absolute Gasteiger partial charge is 0.119 e. The Morgan fingerprint density at radius 2 is 2.00 bits per heavy atom. The van der Waals surface area contributed by atoms with Crippen molar-refractivity contribution in [3.8, 4) is 5.75 Å². The Morgan fingerprint density at radius 1 is 1.20 bits per heavy atom. The van der Waals surface area contributed by atoms with Crippen molar-refractivity contribution in [2.45, 2.75) is 6.92 Å². The van der Waals surface area contributed by atoms with Gasteiger partial charge in [-0.25, -0.2) is 0 Å². The Bertz CT molecular complexity index is 599. The zero-order chi connectivity index (χ0) is 14.4. The fraction of sp³-hybridized carbons (Fsp3) is 0.188. The number of thiocarbonyl (C=S) groups is 1. The fourth-order valence-corrected chi connectivity index (χ4v) is 2.09. The van der Waals surface area contributed by atoms with Gasteiger partial charge in [-0.15, -0.1) is 0 Å². The molecule has 0 fully saturated rings. The van der Waals surface area contributed by atoms with Crippen molar-refractivity contribution in [2.24, 2.45) is 5.73 Å². The van der Waals surface area contributed by atoms with Gasteiger partial charge in [0.1, 0.15) is 17.3 Å². The first-order valence-corrected chi connectivity index (χ1v) is 6.90. The minimum absolute atomic E-state index is 0.396. The Hall–Kier alpha value is -2.07. The summed E-state index contributed by atoms with van der Waals surface area (Å²) in [4.78, 5) is 0.396. The van der Waals surface area contributed by atoms with Crippen LogP contribution in [0.15, 0.2) is 48.5 Å². The number of aryl methyl sites for hydroxylation is 1. The lowest BCUT2D eigenvalue weighted by molar-refractivity contribution is 0.332. The number of hydrogen-bond acceptors (Lipinski definition) is 3. The second kappa shape index (κ2) is 6.91. The molecule has 4 heteroatoms. The number of anilines is 1. The number of nitrogens with one attached hydrogen (secondary N) is 1. The molecule has 0 aromatic heterocycles. The van der Waals surface area contributed by atoms with Gasteiger partial charge in [0.05, 0.1) is 0 Å². The van der Waals surface area contributed by atoms with Gasteiger partial charge in [0.25, 0.3) is 0 Å². The van der Waals surface area contributed by atoms with E-state index in [0.717, 1.165) is 17.0 Å². The molecule has 2 aromatic carbocycles. The molecule has 2 rings (SSSR count). The van der Waals surface area contributed by atoms with Crippen molar-refractivity contribution >= 4 is 22.9 Å². The molecule has 0 aliphatic carbocycles. The summed E-state index contributed by atoms with van der Waals surface area (Å²) in [5.41, 5.74) is 8.67. The van der Waals surface area contributed by atoms with Gasteiger partial charge in [0, 0.05) is 17.8 Å². The molecular weight excluding hydrogens is 268 g/mol. The molecule has 3 N–H and O–H groups in total. The number of benzene rings is 2. The molecule has 0 heterocycles. The molecule has 0 bridgehead atoms. The summed E-state index contributed by atoms with van der Waals surface area (Å²) in [5.74, 6) is 0.884. The van der Waals surface area contributed by atoms with Crippen LogP contribution in [0.5, 0.6) is 5.75 Å². The summed E-state index contributed by atoms with van der Waals surface area (Å²) in [6.07, 6.45) is 0. The molecule has 0 amide bonds. The molecule has 0 aliphatic rings. The van der Waals surface area contributed by atoms with Crippen LogP contribution >= 0.6 is 12.2 Å². The maximum atomic E-state index is 5.69. The van der Waals surface area contributed by atoms with E-state index in [0.29, 0.717) is 18.1 Å². The normalized spacial score (nSPS) is 10.1. The average Bonchev–Trinajstić information content (AvgIpc) is 2.44. The standard InChI is InChI=1S/C16H18N2OS/c1-12-5-4-6-13(11-12)19-10-9-18-15-8-3-2-7-14(15)16(17)20/h2-8,11,18H,9-10H2,1H3,(H2,17,20). The lowest BCUT2D eigenvalue weighted by atomic mass is 10.2. The maximum Gasteiger partial charge on any atom is 0.119 e. The zero-order valence-corrected chi connectivity index (χ0v) is 12.2. The highest BCUT2D eigenvalue weighted by Gasteiger charge is 2.03. The minimum Gasteiger partial charge on any atom is -0.492 e. The molecule has 0 unspecified atom stereocenters. The Kier molecular flexibility index (Phi) is 4.96. The average molecular weight is 286 g/mol. The first kappa shape index (κ1) is 14.3. The van der Waals surface area contributed by atoms with Gasteiger partial charge >= 0.3 is 0 Å². The second-order valence-electron chi connectivity index (χ2n) is 4.50. The quantitative estimate of drug-likeness (QED) is 0.633. The maximum absolute atomic E-state index is 5.69. The van der Waals surface area contributed by atoms with E-state index in [-0.39, 0.29) is 0 Å². The van der Waals surface area contributed by atoms with Crippen molar-refractivity contribution in [2.75, 3.05) is 18.5 Å². The van der Waals surface area contributed by atoms with Crippen LogP contribution in [0.4, 0.5) is 5.69 Å². The van der Waals surface area contributed by atoms with E-state index in [1.165, 1.54) is 5.56 Å². The van der Waals surface area contributed by atoms with Gasteiger partial charge in [-0.1, -0.05) is 36.5 Å². The van der Waals surface area contributed by atoms with Gasteiger partial charge in [-0.2, -0.15) is 0 Å². The van der Waals surface area contributed by atoms with Crippen LogP contribution in [0.1, 0.15) is 11.1 Å². The van der Waals surface area contributed by atoms with Crippen LogP contribution in [0.2, 0.25) is 0 Å². The second-order valence-corrected chi connectivity index (χ2v) is 4.94. The van der Waals surface area contributed by atoms with Crippen molar-refractivity contribution < 1.29 is 4.74 Å². The van der Waals surface area contributed by atoms with Gasteiger partial charge in [-0.05, 0) is 36.8 Å². The molecule has 104 valence electrons. The van der Waals surface area contributed by atoms with Gasteiger partial charge in [0.15, 0.2) is 0 Å². The number of ether oxygens (including phenoxy) is 1. The Balaban J connectivity index is 1.86. The predicted molar refractivity (Wildman–Crippen MR) is 87.5 cm³/mol. The number of rotatable bonds is 6. The molecule has 0 spiro atoms. The van der Waals surface area contributed by atoms with Crippen LogP contribution in [-0.2, 0) is 0 Å². The predicted octanol–water partition coefficient (Wildman–Crippen LogP) is 3.12. The summed E-state index contributed by atoms with van der Waals surface area (Å²) in [7, 11) is 0. The Morgan fingerprint density at radius 3 is 2.75 bits per heavy atom. The fourth-order valence-electron chi connectivity index (χ4n) is 1.91. The van der Waals surface area contributed by atoms with Gasteiger partial charge < -0.3 is 15.8 Å². The van der Waals surface area contributed by atoms with E-state index < -0.39 is 0 Å². The van der Waals surface area contributed by atoms with E-state index in [2.05, 4.69) is 5.32 Å². The summed E-state index contributed by atoms with van der Waals surface area (Å²) >= 11 is 5.03. The van der Waals surface area contributed by atoms with E-state index in [4.69, 9.17) is 22.7 Å². The van der Waals surface area contributed by atoms with Crippen molar-refractivity contribution in [3.05, 3.63) is 59.7 Å². The largest absolute Gasteiger partial charge is 0.492 e. The van der Waals surface area contributed by atoms with E-state index in [1.807, 2.05) is 55.5 Å². The lowest BCUT2D eigenvalue weighted by Crippen LogP contribution is -2.16. The van der Waals surface area contributed by atoms with Crippen molar-refractivity contribution in [1.29, 1.82) is 0 Å². The first-order valence-electron chi connectivity index (χ1n) is 6.49. The van der Waals surface area contributed by atoms with Crippen LogP contribution in [0.3, 0.4) is 0 Å². The molecule has 20 heavy (non-hydrogen) atoms. The van der Waals surface area contributed by atoms with Crippen molar-refractivity contribution in [1.82, 2.24) is 0 Å². The number of para-hydroxylation sites is 1. The van der Waals surface area contributed by atoms with Gasteiger partial charge in [-0.3, -0.25) is 0 Å². The van der Waals surface area contributed by atoms with Gasteiger partial charge in [0.2, 0.25) is 0 Å². The SMILES string of the molecule is Cc1cccc(OCCNc2ccccc2C(N)=S)c1. The van der Waals surface area contributed by atoms with Crippen LogP contribution < -0.4 is 15.8 Å². The molecule has 3 nitrogen and oxygen atoms in total. The molecule has 0 saturated heterocycles. The molecule has 0 radical (unpaired) electrons. The lowest BCUT2D eigenvalue weighted by Gasteiger charge is -2.12. The summed E-state index contributed by atoms with van der Waals surface area (Å²) < 4.78 is 5.68. The number of hydrogen-bond donors (Lipinski definition) is 2. The zero-order valence-electron chi connectivity index (χ0n) is 11.4. The van der Waals surface area contributed by atoms with E-state index >= 15 is 0 Å². The third kappa shape index (κ3) is 3.96. The highest BCUT2D eigenvalue weighted by molar-refractivity contribution is 7.80. The van der Waals surface area contributed by atoms with E-state index in [1.54, 1.807) is 0 Å².